The summed E-state index contributed by atoms with van der Waals surface area (Å²) < 4.78 is 42.9. The number of nitrogens with one attached hydrogen (secondary N) is 1. The summed E-state index contributed by atoms with van der Waals surface area (Å²) in [6.07, 6.45) is -4.53. The van der Waals surface area contributed by atoms with Crippen LogP contribution in [-0.2, 0) is 17.5 Å². The second-order valence-corrected chi connectivity index (χ2v) is 5.46. The molecule has 1 amide bonds. The minimum Gasteiger partial charge on any atom is -0.445 e. The Morgan fingerprint density at radius 3 is 2.56 bits per heavy atom. The highest BCUT2D eigenvalue weighted by molar-refractivity contribution is 5.80. The maximum Gasteiger partial charge on any atom is 0.416 e. The number of hydrogen-bond acceptors (Lipinski definition) is 3. The molecule has 0 heterocycles. The summed E-state index contributed by atoms with van der Waals surface area (Å²) in [5, 5.41) is 2.51. The fourth-order valence-electron chi connectivity index (χ4n) is 2.11. The molecule has 0 spiro atoms. The first-order valence-corrected chi connectivity index (χ1v) is 8.00. The van der Waals surface area contributed by atoms with Crippen LogP contribution in [0.3, 0.4) is 0 Å². The molecule has 0 aliphatic carbocycles. The minimum atomic E-state index is -4.52. The SMILES string of the molecule is O=Cc1cc(C(F)(F)F)ccc1C#CCCNC(=O)OCc1ccccc1. The summed E-state index contributed by atoms with van der Waals surface area (Å²) in [6.45, 7) is 0.351. The molecule has 0 radical (unpaired) electrons. The van der Waals surface area contributed by atoms with Crippen molar-refractivity contribution in [3.63, 3.8) is 0 Å². The maximum atomic E-state index is 12.6. The molecule has 27 heavy (non-hydrogen) atoms. The van der Waals surface area contributed by atoms with E-state index in [0.717, 1.165) is 23.8 Å². The van der Waals surface area contributed by atoms with E-state index in [1.54, 1.807) is 0 Å². The lowest BCUT2D eigenvalue weighted by atomic mass is 10.0. The molecule has 4 nitrogen and oxygen atoms in total. The summed E-state index contributed by atoms with van der Waals surface area (Å²) >= 11 is 0. The fourth-order valence-corrected chi connectivity index (χ4v) is 2.11. The van der Waals surface area contributed by atoms with Crippen LogP contribution in [0.15, 0.2) is 48.5 Å². The van der Waals surface area contributed by atoms with Crippen molar-refractivity contribution in [3.8, 4) is 11.8 Å². The van der Waals surface area contributed by atoms with Gasteiger partial charge in [-0.3, -0.25) is 4.79 Å². The predicted molar refractivity (Wildman–Crippen MR) is 93.0 cm³/mol. The van der Waals surface area contributed by atoms with Gasteiger partial charge in [-0.1, -0.05) is 42.2 Å². The van der Waals surface area contributed by atoms with Crippen molar-refractivity contribution in [2.45, 2.75) is 19.2 Å². The third-order valence-corrected chi connectivity index (χ3v) is 3.46. The fraction of sp³-hybridized carbons (Fsp3) is 0.200. The normalized spacial score (nSPS) is 10.5. The van der Waals surface area contributed by atoms with Crippen LogP contribution in [0.2, 0.25) is 0 Å². The number of amides is 1. The van der Waals surface area contributed by atoms with Crippen LogP contribution in [0.4, 0.5) is 18.0 Å². The van der Waals surface area contributed by atoms with Gasteiger partial charge in [-0.2, -0.15) is 13.2 Å². The van der Waals surface area contributed by atoms with Crippen molar-refractivity contribution in [3.05, 3.63) is 70.8 Å². The lowest BCUT2D eigenvalue weighted by molar-refractivity contribution is -0.137. The predicted octanol–water partition coefficient (Wildman–Crippen LogP) is 4.19. The van der Waals surface area contributed by atoms with Crippen LogP contribution in [0.5, 0.6) is 0 Å². The highest BCUT2D eigenvalue weighted by Crippen LogP contribution is 2.30. The number of rotatable bonds is 5. The monoisotopic (exact) mass is 375 g/mol. The van der Waals surface area contributed by atoms with E-state index in [4.69, 9.17) is 4.74 Å². The van der Waals surface area contributed by atoms with Crippen molar-refractivity contribution >= 4 is 12.4 Å². The maximum absolute atomic E-state index is 12.6. The third kappa shape index (κ3) is 6.51. The van der Waals surface area contributed by atoms with Gasteiger partial charge in [-0.25, -0.2) is 4.79 Å². The van der Waals surface area contributed by atoms with E-state index in [2.05, 4.69) is 17.2 Å². The Morgan fingerprint density at radius 1 is 1.15 bits per heavy atom. The van der Waals surface area contributed by atoms with Crippen LogP contribution in [0.25, 0.3) is 0 Å². The van der Waals surface area contributed by atoms with Gasteiger partial charge in [0.25, 0.3) is 0 Å². The largest absolute Gasteiger partial charge is 0.445 e. The van der Waals surface area contributed by atoms with E-state index >= 15 is 0 Å². The van der Waals surface area contributed by atoms with Crippen molar-refractivity contribution in [1.29, 1.82) is 0 Å². The lowest BCUT2D eigenvalue weighted by Crippen LogP contribution is -2.24. The van der Waals surface area contributed by atoms with Gasteiger partial charge in [0.15, 0.2) is 6.29 Å². The number of benzene rings is 2. The van der Waals surface area contributed by atoms with E-state index in [9.17, 15) is 22.8 Å². The molecule has 0 saturated heterocycles. The first-order chi connectivity index (χ1) is 12.9. The average Bonchev–Trinajstić information content (AvgIpc) is 2.66. The molecule has 140 valence electrons. The molecule has 1 N–H and O–H groups in total. The Bertz CT molecular complexity index is 852. The molecular formula is C20H16F3NO3. The summed E-state index contributed by atoms with van der Waals surface area (Å²) in [7, 11) is 0. The van der Waals surface area contributed by atoms with Gasteiger partial charge in [-0.15, -0.1) is 0 Å². The molecule has 7 heteroatoms. The number of halogens is 3. The smallest absolute Gasteiger partial charge is 0.416 e. The summed E-state index contributed by atoms with van der Waals surface area (Å²) in [5.74, 6) is 5.34. The molecule has 0 fully saturated rings. The van der Waals surface area contributed by atoms with Crippen LogP contribution in [0, 0.1) is 11.8 Å². The number of carbonyl (C=O) groups is 2. The van der Waals surface area contributed by atoms with Gasteiger partial charge in [0, 0.05) is 24.1 Å². The molecular weight excluding hydrogens is 359 g/mol. The van der Waals surface area contributed by atoms with E-state index in [1.165, 1.54) is 0 Å². The molecule has 0 unspecified atom stereocenters. The number of alkyl carbamates (subject to hydrolysis) is 1. The quantitative estimate of drug-likeness (QED) is 0.484. The van der Waals surface area contributed by atoms with Crippen molar-refractivity contribution < 1.29 is 27.5 Å². The van der Waals surface area contributed by atoms with Crippen molar-refractivity contribution in [1.82, 2.24) is 5.32 Å². The van der Waals surface area contributed by atoms with E-state index in [1.807, 2.05) is 30.3 Å². The Hall–Kier alpha value is -3.27. The molecule has 2 aromatic rings. The van der Waals surface area contributed by atoms with Crippen LogP contribution < -0.4 is 5.32 Å². The molecule has 0 aliphatic heterocycles. The molecule has 0 aromatic heterocycles. The van der Waals surface area contributed by atoms with Crippen molar-refractivity contribution in [2.24, 2.45) is 0 Å². The van der Waals surface area contributed by atoms with Gasteiger partial charge in [-0.05, 0) is 23.8 Å². The summed E-state index contributed by atoms with van der Waals surface area (Å²) in [5.41, 5.74) is 0.0197. The first-order valence-electron chi connectivity index (χ1n) is 8.00. The zero-order valence-corrected chi connectivity index (χ0v) is 14.2. The topological polar surface area (TPSA) is 55.4 Å². The number of ether oxygens (including phenoxy) is 1. The van der Waals surface area contributed by atoms with Gasteiger partial charge in [0.2, 0.25) is 0 Å². The summed E-state index contributed by atoms with van der Waals surface area (Å²) in [4.78, 5) is 22.5. The first kappa shape index (κ1) is 20.0. The van der Waals surface area contributed by atoms with Gasteiger partial charge in [0.05, 0.1) is 5.56 Å². The highest BCUT2D eigenvalue weighted by atomic mass is 19.4. The zero-order valence-electron chi connectivity index (χ0n) is 14.2. The lowest BCUT2D eigenvalue weighted by Gasteiger charge is -2.07. The number of hydrogen-bond donors (Lipinski definition) is 1. The molecule has 0 aliphatic rings. The second-order valence-electron chi connectivity index (χ2n) is 5.46. The van der Waals surface area contributed by atoms with Gasteiger partial charge < -0.3 is 10.1 Å². The molecule has 0 atom stereocenters. The Balaban J connectivity index is 1.81. The highest BCUT2D eigenvalue weighted by Gasteiger charge is 2.30. The van der Waals surface area contributed by atoms with Gasteiger partial charge >= 0.3 is 12.3 Å². The van der Waals surface area contributed by atoms with Crippen LogP contribution in [0.1, 0.15) is 33.5 Å². The molecule has 2 rings (SSSR count). The van der Waals surface area contributed by atoms with Crippen LogP contribution >= 0.6 is 0 Å². The number of aldehydes is 1. The van der Waals surface area contributed by atoms with E-state index in [-0.39, 0.29) is 30.7 Å². The van der Waals surface area contributed by atoms with E-state index < -0.39 is 17.8 Å². The zero-order chi connectivity index (χ0) is 19.7. The Kier molecular flexibility index (Phi) is 7.00. The van der Waals surface area contributed by atoms with Gasteiger partial charge in [0.1, 0.15) is 6.61 Å². The molecule has 0 saturated carbocycles. The van der Waals surface area contributed by atoms with E-state index in [0.29, 0.717) is 6.29 Å². The standard InChI is InChI=1S/C20H16F3NO3/c21-20(22,23)18-10-9-16(17(12-18)13-25)8-4-5-11-24-19(26)27-14-15-6-2-1-3-7-15/h1-3,6-7,9-10,12-13H,5,11,14H2,(H,24,26). The third-order valence-electron chi connectivity index (χ3n) is 3.46. The van der Waals surface area contributed by atoms with Crippen molar-refractivity contribution in [2.75, 3.05) is 6.54 Å². The Labute approximate surface area is 154 Å². The second kappa shape index (κ2) is 9.43. The molecule has 0 bridgehead atoms. The Morgan fingerprint density at radius 2 is 1.89 bits per heavy atom. The molecule has 2 aromatic carbocycles. The number of carbonyl (C=O) groups excluding carboxylic acids is 2. The number of alkyl halides is 3. The minimum absolute atomic E-state index is 0.132. The average molecular weight is 375 g/mol. The summed E-state index contributed by atoms with van der Waals surface area (Å²) in [6, 6.07) is 12.0. The van der Waals surface area contributed by atoms with Crippen LogP contribution in [-0.4, -0.2) is 18.9 Å².